The lowest BCUT2D eigenvalue weighted by atomic mass is 9.85. The number of anilines is 1. The number of rotatable bonds is 3. The average Bonchev–Trinajstić information content (AvgIpc) is 3.04. The SMILES string of the molecule is Cc1ccccc1N1C(C(=O)c2cc(C(F)(F)F)cc(C(F)(F)F)c2)NC(=O)C12CCNCC2. The van der Waals surface area contributed by atoms with Crippen molar-refractivity contribution in [3.05, 3.63) is 64.7 Å². The predicted octanol–water partition coefficient (Wildman–Crippen LogP) is 4.30. The van der Waals surface area contributed by atoms with E-state index in [1.54, 1.807) is 31.2 Å². The van der Waals surface area contributed by atoms with Gasteiger partial charge in [-0.05, 0) is 62.7 Å². The van der Waals surface area contributed by atoms with Gasteiger partial charge in [0, 0.05) is 11.3 Å². The molecule has 0 aromatic heterocycles. The molecular weight excluding hydrogens is 464 g/mol. The highest BCUT2D eigenvalue weighted by Gasteiger charge is 2.56. The van der Waals surface area contributed by atoms with Gasteiger partial charge in [0.1, 0.15) is 5.54 Å². The maximum Gasteiger partial charge on any atom is 0.416 e. The van der Waals surface area contributed by atoms with E-state index in [1.165, 1.54) is 4.90 Å². The number of piperidine rings is 1. The Morgan fingerprint density at radius 3 is 2.06 bits per heavy atom. The fraction of sp³-hybridized carbons (Fsp3) is 0.391. The second kappa shape index (κ2) is 8.30. The molecule has 1 spiro atoms. The Kier molecular flexibility index (Phi) is 5.87. The van der Waals surface area contributed by atoms with Gasteiger partial charge in [-0.1, -0.05) is 18.2 Å². The number of para-hydroxylation sites is 1. The molecule has 34 heavy (non-hydrogen) atoms. The molecule has 2 aromatic carbocycles. The number of amides is 1. The molecule has 0 radical (unpaired) electrons. The minimum Gasteiger partial charge on any atom is -0.329 e. The number of ketones is 1. The third-order valence-electron chi connectivity index (χ3n) is 6.34. The molecule has 182 valence electrons. The fourth-order valence-electron chi connectivity index (χ4n) is 4.63. The minimum atomic E-state index is -5.10. The summed E-state index contributed by atoms with van der Waals surface area (Å²) >= 11 is 0. The minimum absolute atomic E-state index is 0.0303. The number of carbonyl (C=O) groups is 2. The Balaban J connectivity index is 1.85. The van der Waals surface area contributed by atoms with Crippen LogP contribution in [0.4, 0.5) is 32.0 Å². The molecule has 2 N–H and O–H groups in total. The van der Waals surface area contributed by atoms with E-state index in [1.807, 2.05) is 0 Å². The molecule has 2 aliphatic heterocycles. The Hall–Kier alpha value is -3.08. The summed E-state index contributed by atoms with van der Waals surface area (Å²) in [4.78, 5) is 28.1. The van der Waals surface area contributed by atoms with Gasteiger partial charge < -0.3 is 15.5 Å². The number of hydrogen-bond acceptors (Lipinski definition) is 4. The molecule has 2 fully saturated rings. The van der Waals surface area contributed by atoms with Gasteiger partial charge in [-0.15, -0.1) is 0 Å². The lowest BCUT2D eigenvalue weighted by Crippen LogP contribution is -2.57. The van der Waals surface area contributed by atoms with Gasteiger partial charge >= 0.3 is 12.4 Å². The summed E-state index contributed by atoms with van der Waals surface area (Å²) < 4.78 is 80.1. The summed E-state index contributed by atoms with van der Waals surface area (Å²) in [5.41, 5.74) is -3.91. The van der Waals surface area contributed by atoms with Gasteiger partial charge in [0.15, 0.2) is 6.17 Å². The first-order chi connectivity index (χ1) is 15.8. The van der Waals surface area contributed by atoms with E-state index in [9.17, 15) is 35.9 Å². The molecule has 1 atom stereocenters. The molecular formula is C23H21F6N3O2. The number of alkyl halides is 6. The highest BCUT2D eigenvalue weighted by atomic mass is 19.4. The maximum absolute atomic E-state index is 13.5. The number of halogens is 6. The second-order valence-corrected chi connectivity index (χ2v) is 8.47. The third-order valence-corrected chi connectivity index (χ3v) is 6.34. The number of nitrogens with zero attached hydrogens (tertiary/aromatic N) is 1. The van der Waals surface area contributed by atoms with Crippen LogP contribution in [-0.2, 0) is 17.1 Å². The molecule has 2 aromatic rings. The number of carbonyl (C=O) groups excluding carboxylic acids is 2. The fourth-order valence-corrected chi connectivity index (χ4v) is 4.63. The van der Waals surface area contributed by atoms with Crippen molar-refractivity contribution in [1.29, 1.82) is 0 Å². The van der Waals surface area contributed by atoms with Crippen LogP contribution in [-0.4, -0.2) is 36.5 Å². The normalized spacial score (nSPS) is 20.5. The largest absolute Gasteiger partial charge is 0.416 e. The highest BCUT2D eigenvalue weighted by Crippen LogP contribution is 2.41. The van der Waals surface area contributed by atoms with Crippen LogP contribution >= 0.6 is 0 Å². The van der Waals surface area contributed by atoms with Crippen molar-refractivity contribution < 1.29 is 35.9 Å². The van der Waals surface area contributed by atoms with Gasteiger partial charge in [-0.2, -0.15) is 26.3 Å². The van der Waals surface area contributed by atoms with Crippen LogP contribution in [0.2, 0.25) is 0 Å². The summed E-state index contributed by atoms with van der Waals surface area (Å²) in [5, 5.41) is 5.68. The van der Waals surface area contributed by atoms with Crippen molar-refractivity contribution in [2.24, 2.45) is 0 Å². The van der Waals surface area contributed by atoms with Crippen LogP contribution in [0, 0.1) is 6.92 Å². The summed E-state index contributed by atoms with van der Waals surface area (Å²) in [6.45, 7) is 2.66. The van der Waals surface area contributed by atoms with Crippen molar-refractivity contribution in [2.75, 3.05) is 18.0 Å². The number of nitrogens with one attached hydrogen (secondary N) is 2. The van der Waals surface area contributed by atoms with E-state index in [4.69, 9.17) is 0 Å². The Bertz CT molecular complexity index is 1090. The van der Waals surface area contributed by atoms with E-state index >= 15 is 0 Å². The lowest BCUT2D eigenvalue weighted by Gasteiger charge is -2.42. The van der Waals surface area contributed by atoms with E-state index in [2.05, 4.69) is 10.6 Å². The number of hydrogen-bond donors (Lipinski definition) is 2. The highest BCUT2D eigenvalue weighted by molar-refractivity contribution is 6.09. The molecule has 2 heterocycles. The molecule has 2 aliphatic rings. The quantitative estimate of drug-likeness (QED) is 0.503. The van der Waals surface area contributed by atoms with Crippen molar-refractivity contribution in [3.63, 3.8) is 0 Å². The molecule has 0 saturated carbocycles. The van der Waals surface area contributed by atoms with Crippen LogP contribution in [0.25, 0.3) is 0 Å². The zero-order valence-corrected chi connectivity index (χ0v) is 18.0. The first-order valence-corrected chi connectivity index (χ1v) is 10.5. The number of benzene rings is 2. The average molecular weight is 485 g/mol. The Morgan fingerprint density at radius 2 is 1.53 bits per heavy atom. The van der Waals surface area contributed by atoms with E-state index in [-0.39, 0.29) is 6.07 Å². The summed E-state index contributed by atoms with van der Waals surface area (Å²) in [6.07, 6.45) is -11.0. The van der Waals surface area contributed by atoms with E-state index in [0.29, 0.717) is 49.3 Å². The third kappa shape index (κ3) is 4.13. The molecule has 2 saturated heterocycles. The molecule has 0 bridgehead atoms. The van der Waals surface area contributed by atoms with Crippen LogP contribution in [0.15, 0.2) is 42.5 Å². The van der Waals surface area contributed by atoms with Crippen LogP contribution < -0.4 is 15.5 Å². The van der Waals surface area contributed by atoms with E-state index in [0.717, 1.165) is 0 Å². The molecule has 1 amide bonds. The second-order valence-electron chi connectivity index (χ2n) is 8.47. The zero-order chi connectivity index (χ0) is 24.9. The molecule has 1 unspecified atom stereocenters. The molecule has 0 aliphatic carbocycles. The number of aryl methyl sites for hydroxylation is 1. The van der Waals surface area contributed by atoms with Crippen LogP contribution in [0.1, 0.15) is 39.9 Å². The first kappa shape index (κ1) is 24.1. The van der Waals surface area contributed by atoms with Crippen molar-refractivity contribution in [3.8, 4) is 0 Å². The first-order valence-electron chi connectivity index (χ1n) is 10.5. The molecule has 4 rings (SSSR count). The summed E-state index contributed by atoms with van der Waals surface area (Å²) in [6, 6.07) is 7.62. The number of Topliss-reactive ketones (excluding diaryl/α,β-unsaturated/α-hetero) is 1. The van der Waals surface area contributed by atoms with Crippen LogP contribution in [0.5, 0.6) is 0 Å². The van der Waals surface area contributed by atoms with Gasteiger partial charge in [0.2, 0.25) is 11.7 Å². The maximum atomic E-state index is 13.5. The van der Waals surface area contributed by atoms with Crippen molar-refractivity contribution in [1.82, 2.24) is 10.6 Å². The Morgan fingerprint density at radius 1 is 0.971 bits per heavy atom. The van der Waals surface area contributed by atoms with Crippen LogP contribution in [0.3, 0.4) is 0 Å². The molecule has 5 nitrogen and oxygen atoms in total. The monoisotopic (exact) mass is 485 g/mol. The smallest absolute Gasteiger partial charge is 0.329 e. The van der Waals surface area contributed by atoms with Crippen molar-refractivity contribution in [2.45, 2.75) is 43.8 Å². The Labute approximate surface area is 191 Å². The molecule has 11 heteroatoms. The van der Waals surface area contributed by atoms with Gasteiger partial charge in [-0.25, -0.2) is 0 Å². The predicted molar refractivity (Wildman–Crippen MR) is 111 cm³/mol. The summed E-state index contributed by atoms with van der Waals surface area (Å²) in [5.74, 6) is -1.54. The lowest BCUT2D eigenvalue weighted by molar-refractivity contribution is -0.143. The van der Waals surface area contributed by atoms with Gasteiger partial charge in [-0.3, -0.25) is 9.59 Å². The van der Waals surface area contributed by atoms with E-state index < -0.39 is 52.4 Å². The summed E-state index contributed by atoms with van der Waals surface area (Å²) in [7, 11) is 0. The zero-order valence-electron chi connectivity index (χ0n) is 18.0. The standard InChI is InChI=1S/C23H21F6N3O2/c1-13-4-2-3-5-17(13)32-19(31-20(34)21(32)6-8-30-9-7-21)18(33)14-10-15(22(24,25)26)12-16(11-14)23(27,28)29/h2-5,10-12,19,30H,6-9H2,1H3,(H,31,34). The van der Waals surface area contributed by atoms with Crippen molar-refractivity contribution >= 4 is 17.4 Å². The topological polar surface area (TPSA) is 61.4 Å². The van der Waals surface area contributed by atoms with Gasteiger partial charge in [0.05, 0.1) is 11.1 Å². The van der Waals surface area contributed by atoms with Gasteiger partial charge in [0.25, 0.3) is 0 Å².